The number of carbonyl (C=O) groups excluding carboxylic acids is 1. The van der Waals surface area contributed by atoms with Crippen LogP contribution < -0.4 is 0 Å². The summed E-state index contributed by atoms with van der Waals surface area (Å²) in [5, 5.41) is 15.4. The summed E-state index contributed by atoms with van der Waals surface area (Å²) in [4.78, 5) is 15.4. The molecule has 29 heavy (non-hydrogen) atoms. The van der Waals surface area contributed by atoms with Gasteiger partial charge in [0.1, 0.15) is 6.29 Å². The quantitative estimate of drug-likeness (QED) is 0.597. The number of hydrogen-bond acceptors (Lipinski definition) is 8. The normalized spacial score (nSPS) is 16.7. The van der Waals surface area contributed by atoms with E-state index in [0.717, 1.165) is 30.6 Å². The molecule has 0 bridgehead atoms. The number of likely N-dealkylation sites (tertiary alicyclic amines) is 1. The molecule has 154 valence electrons. The Hall–Kier alpha value is -3.08. The van der Waals surface area contributed by atoms with Crippen molar-refractivity contribution in [1.82, 2.24) is 35.1 Å². The molecule has 3 aromatic heterocycles. The first-order chi connectivity index (χ1) is 14.0. The summed E-state index contributed by atoms with van der Waals surface area (Å²) < 4.78 is 31.7. The van der Waals surface area contributed by atoms with Crippen LogP contribution in [0.15, 0.2) is 28.9 Å². The first kappa shape index (κ1) is 20.6. The van der Waals surface area contributed by atoms with Crippen LogP contribution in [0.25, 0.3) is 11.5 Å². The Kier molecular flexibility index (Phi) is 6.70. The lowest BCUT2D eigenvalue weighted by molar-refractivity contribution is -0.106. The van der Waals surface area contributed by atoms with Gasteiger partial charge in [-0.2, -0.15) is 8.78 Å². The summed E-state index contributed by atoms with van der Waals surface area (Å²) in [6.07, 6.45) is 3.67. The fraction of sp³-hybridized carbons (Fsp3) is 0.444. The minimum absolute atomic E-state index is 0.0201. The smallest absolute Gasteiger partial charge is 0.314 e. The van der Waals surface area contributed by atoms with E-state index in [0.29, 0.717) is 18.2 Å². The van der Waals surface area contributed by atoms with E-state index in [1.807, 2.05) is 6.20 Å². The van der Waals surface area contributed by atoms with Gasteiger partial charge in [0.15, 0.2) is 0 Å². The van der Waals surface area contributed by atoms with Crippen LogP contribution in [0.5, 0.6) is 0 Å². The number of carbonyl (C=O) groups is 1. The van der Waals surface area contributed by atoms with E-state index in [1.165, 1.54) is 19.5 Å². The Balaban J connectivity index is 0.000000755. The lowest BCUT2D eigenvalue weighted by Crippen LogP contribution is -2.17. The van der Waals surface area contributed by atoms with Crippen molar-refractivity contribution in [3.05, 3.63) is 41.8 Å². The molecule has 4 rings (SSSR count). The van der Waals surface area contributed by atoms with E-state index in [1.54, 1.807) is 16.8 Å². The third-order valence-corrected chi connectivity index (χ3v) is 4.44. The molecular weight excluding hydrogens is 384 g/mol. The third-order valence-electron chi connectivity index (χ3n) is 4.44. The Morgan fingerprint density at radius 3 is 2.69 bits per heavy atom. The number of aromatic nitrogens is 6. The monoisotopic (exact) mass is 405 g/mol. The van der Waals surface area contributed by atoms with Gasteiger partial charge in [-0.05, 0) is 45.5 Å². The highest BCUT2D eigenvalue weighted by Gasteiger charge is 2.25. The van der Waals surface area contributed by atoms with Crippen molar-refractivity contribution in [2.45, 2.75) is 38.8 Å². The zero-order chi connectivity index (χ0) is 20.8. The van der Waals surface area contributed by atoms with Crippen molar-refractivity contribution in [1.29, 1.82) is 0 Å². The molecule has 3 aromatic rings. The molecule has 1 aliphatic rings. The van der Waals surface area contributed by atoms with Crippen molar-refractivity contribution < 1.29 is 18.0 Å². The number of rotatable bonds is 5. The van der Waals surface area contributed by atoms with Crippen molar-refractivity contribution in [2.75, 3.05) is 13.6 Å². The van der Waals surface area contributed by atoms with Gasteiger partial charge in [0.2, 0.25) is 5.89 Å². The van der Waals surface area contributed by atoms with Crippen LogP contribution in [0.4, 0.5) is 8.78 Å². The standard InChI is InChI=1S/C16H17F2N7O.C2H4O/c1-24-6-2-3-13(24)12-9-25(23-20-12)8-11-5-4-10(7-19-11)15-21-22-16(26-15)14(17)18;1-2-3/h4-5,7,9,13-14H,2-3,6,8H2,1H3;2H,1H3. The Morgan fingerprint density at radius 1 is 1.31 bits per heavy atom. The van der Waals surface area contributed by atoms with Crippen LogP contribution in [-0.2, 0) is 11.3 Å². The van der Waals surface area contributed by atoms with E-state index in [4.69, 9.17) is 9.21 Å². The number of nitrogens with zero attached hydrogens (tertiary/aromatic N) is 7. The Morgan fingerprint density at radius 2 is 2.10 bits per heavy atom. The minimum atomic E-state index is -2.79. The lowest BCUT2D eigenvalue weighted by Gasteiger charge is -2.15. The van der Waals surface area contributed by atoms with Gasteiger partial charge < -0.3 is 9.21 Å². The second kappa shape index (κ2) is 9.41. The molecule has 0 radical (unpaired) electrons. The molecule has 0 aliphatic carbocycles. The molecule has 0 aromatic carbocycles. The highest BCUT2D eigenvalue weighted by Crippen LogP contribution is 2.28. The summed E-state index contributed by atoms with van der Waals surface area (Å²) in [5.74, 6) is -0.678. The third kappa shape index (κ3) is 5.05. The largest absolute Gasteiger partial charge is 0.415 e. The highest BCUT2D eigenvalue weighted by molar-refractivity contribution is 5.50. The van der Waals surface area contributed by atoms with Crippen molar-refractivity contribution in [3.8, 4) is 11.5 Å². The maximum Gasteiger partial charge on any atom is 0.314 e. The molecule has 1 unspecified atom stereocenters. The molecule has 1 saturated heterocycles. The number of pyridine rings is 1. The zero-order valence-electron chi connectivity index (χ0n) is 16.1. The summed E-state index contributed by atoms with van der Waals surface area (Å²) in [7, 11) is 2.09. The van der Waals surface area contributed by atoms with Crippen molar-refractivity contribution >= 4 is 6.29 Å². The van der Waals surface area contributed by atoms with Gasteiger partial charge in [0.05, 0.1) is 35.7 Å². The summed E-state index contributed by atoms with van der Waals surface area (Å²) in [5.41, 5.74) is 2.21. The van der Waals surface area contributed by atoms with Gasteiger partial charge in [-0.25, -0.2) is 4.68 Å². The fourth-order valence-corrected chi connectivity index (χ4v) is 3.08. The van der Waals surface area contributed by atoms with Gasteiger partial charge in [0.25, 0.3) is 5.89 Å². The van der Waals surface area contributed by atoms with Gasteiger partial charge in [0, 0.05) is 6.20 Å². The van der Waals surface area contributed by atoms with Crippen LogP contribution in [0, 0.1) is 0 Å². The van der Waals surface area contributed by atoms with Crippen molar-refractivity contribution in [2.24, 2.45) is 0 Å². The average molecular weight is 405 g/mol. The predicted molar refractivity (Wildman–Crippen MR) is 98.0 cm³/mol. The molecule has 11 heteroatoms. The van der Waals surface area contributed by atoms with E-state index in [9.17, 15) is 8.78 Å². The number of hydrogen-bond donors (Lipinski definition) is 0. The van der Waals surface area contributed by atoms with Gasteiger partial charge >= 0.3 is 6.43 Å². The average Bonchev–Trinajstić information content (AvgIpc) is 3.43. The second-order valence-electron chi connectivity index (χ2n) is 6.50. The second-order valence-corrected chi connectivity index (χ2v) is 6.50. The number of alkyl halides is 2. The molecule has 0 amide bonds. The van der Waals surface area contributed by atoms with Crippen LogP contribution in [0.2, 0.25) is 0 Å². The SMILES string of the molecule is CC=O.CN1CCCC1c1cn(Cc2ccc(-c3nnc(C(F)F)o3)cn2)nn1. The number of aldehydes is 1. The molecule has 0 saturated carbocycles. The summed E-state index contributed by atoms with van der Waals surface area (Å²) in [6, 6.07) is 3.79. The first-order valence-corrected chi connectivity index (χ1v) is 9.08. The summed E-state index contributed by atoms with van der Waals surface area (Å²) >= 11 is 0. The minimum Gasteiger partial charge on any atom is -0.415 e. The van der Waals surface area contributed by atoms with E-state index >= 15 is 0 Å². The molecule has 0 N–H and O–H groups in total. The maximum absolute atomic E-state index is 12.5. The fourth-order valence-electron chi connectivity index (χ4n) is 3.08. The Labute approximate surface area is 165 Å². The zero-order valence-corrected chi connectivity index (χ0v) is 16.1. The maximum atomic E-state index is 12.5. The van der Waals surface area contributed by atoms with Gasteiger partial charge in [-0.1, -0.05) is 5.21 Å². The Bertz CT molecular complexity index is 926. The number of halogens is 2. The van der Waals surface area contributed by atoms with Crippen LogP contribution in [0.3, 0.4) is 0 Å². The topological polar surface area (TPSA) is 103 Å². The molecule has 1 aliphatic heterocycles. The van der Waals surface area contributed by atoms with E-state index in [2.05, 4.69) is 37.4 Å². The van der Waals surface area contributed by atoms with Crippen molar-refractivity contribution in [3.63, 3.8) is 0 Å². The van der Waals surface area contributed by atoms with Crippen LogP contribution in [-0.4, -0.2) is 55.0 Å². The molecular formula is C18H21F2N7O2. The molecule has 4 heterocycles. The molecule has 0 spiro atoms. The summed E-state index contributed by atoms with van der Waals surface area (Å²) in [6.45, 7) is 2.99. The first-order valence-electron chi connectivity index (χ1n) is 9.08. The highest BCUT2D eigenvalue weighted by atomic mass is 19.3. The van der Waals surface area contributed by atoms with E-state index < -0.39 is 12.3 Å². The molecule has 1 fully saturated rings. The van der Waals surface area contributed by atoms with E-state index in [-0.39, 0.29) is 5.89 Å². The molecule has 1 atom stereocenters. The van der Waals surface area contributed by atoms with Gasteiger partial charge in [-0.3, -0.25) is 9.88 Å². The predicted octanol–water partition coefficient (Wildman–Crippen LogP) is 2.68. The van der Waals surface area contributed by atoms with Crippen LogP contribution in [0.1, 0.15) is 49.5 Å². The lowest BCUT2D eigenvalue weighted by atomic mass is 10.2. The molecule has 9 nitrogen and oxygen atoms in total. The van der Waals surface area contributed by atoms with Crippen LogP contribution >= 0.6 is 0 Å². The van der Waals surface area contributed by atoms with Gasteiger partial charge in [-0.15, -0.1) is 15.3 Å².